The number of hydrogen-bond acceptors (Lipinski definition) is 1. The Hall–Kier alpha value is -0.263. The Morgan fingerprint density at radius 3 is 1.80 bits per heavy atom. The fraction of sp³-hybridized carbons (Fsp3) is 0.333. The average molecular weight is 88.2 g/mol. The Kier molecular flexibility index (Phi) is 91.0. The lowest BCUT2D eigenvalue weighted by Crippen LogP contribution is -1.34. The van der Waals surface area contributed by atoms with Gasteiger partial charge in [-0.1, -0.05) is 0 Å². The molecule has 0 radical (unpaired) electrons. The highest BCUT2D eigenvalue weighted by Gasteiger charge is 1.09. The first-order valence-electron chi connectivity index (χ1n) is 1.24. The fourth-order valence-electron chi connectivity index (χ4n) is 0. The first kappa shape index (κ1) is 8.83. The summed E-state index contributed by atoms with van der Waals surface area (Å²) in [5.41, 5.74) is 0. The summed E-state index contributed by atoms with van der Waals surface area (Å²) in [6, 6.07) is 0. The Balaban J connectivity index is 0. The molecule has 0 atom stereocenters. The van der Waals surface area contributed by atoms with Crippen LogP contribution in [0.2, 0.25) is 0 Å². The molecular formula is C3H8OSi. The fourth-order valence-corrected chi connectivity index (χ4v) is 0. The van der Waals surface area contributed by atoms with E-state index >= 15 is 0 Å². The van der Waals surface area contributed by atoms with Crippen molar-refractivity contribution in [1.82, 2.24) is 0 Å². The summed E-state index contributed by atoms with van der Waals surface area (Å²) in [4.78, 5) is 7.14. The van der Waals surface area contributed by atoms with Gasteiger partial charge in [0.05, 0.1) is 0 Å². The van der Waals surface area contributed by atoms with E-state index in [1.54, 1.807) is 6.92 Å². The SMILES string of the molecule is C#CC.O[SiH3]. The van der Waals surface area contributed by atoms with Gasteiger partial charge in [0.1, 0.15) is 10.5 Å². The lowest BCUT2D eigenvalue weighted by molar-refractivity contribution is 0.629. The van der Waals surface area contributed by atoms with E-state index in [4.69, 9.17) is 4.80 Å². The van der Waals surface area contributed by atoms with Crippen molar-refractivity contribution in [2.24, 2.45) is 0 Å². The molecule has 0 rings (SSSR count). The second-order valence-electron chi connectivity index (χ2n) is 0.289. The van der Waals surface area contributed by atoms with Crippen molar-refractivity contribution in [2.75, 3.05) is 0 Å². The molecule has 0 amide bonds. The quantitative estimate of drug-likeness (QED) is 0.294. The topological polar surface area (TPSA) is 20.2 Å². The molecule has 0 aliphatic carbocycles. The summed E-state index contributed by atoms with van der Waals surface area (Å²) >= 11 is 0. The van der Waals surface area contributed by atoms with Gasteiger partial charge in [-0.3, -0.25) is 0 Å². The van der Waals surface area contributed by atoms with Crippen molar-refractivity contribution in [3.63, 3.8) is 0 Å². The molecule has 1 N–H and O–H groups in total. The van der Waals surface area contributed by atoms with Gasteiger partial charge in [-0.05, 0) is 6.92 Å². The zero-order valence-electron chi connectivity index (χ0n) is 3.52. The van der Waals surface area contributed by atoms with Gasteiger partial charge in [0, 0.05) is 0 Å². The second kappa shape index (κ2) is 51.5. The smallest absolute Gasteiger partial charge is 0.141 e. The standard InChI is InChI=1S/C3H4.H4OSi/c1-3-2;1-2/h1H,2H3;1H,2H3. The normalized spacial score (nSPS) is 3.40. The van der Waals surface area contributed by atoms with Crippen LogP contribution >= 0.6 is 0 Å². The van der Waals surface area contributed by atoms with Gasteiger partial charge in [-0.15, -0.1) is 12.3 Å². The van der Waals surface area contributed by atoms with Crippen LogP contribution in [-0.4, -0.2) is 15.3 Å². The van der Waals surface area contributed by atoms with Crippen LogP contribution in [0, 0.1) is 12.3 Å². The lowest BCUT2D eigenvalue weighted by atomic mass is 10.9. The molecule has 0 aromatic rings. The van der Waals surface area contributed by atoms with Crippen LogP contribution in [0.5, 0.6) is 0 Å². The molecule has 0 spiro atoms. The Labute approximate surface area is 35.6 Å². The van der Waals surface area contributed by atoms with E-state index in [0.717, 1.165) is 0 Å². The maximum Gasteiger partial charge on any atom is 0.141 e. The molecule has 0 aromatic heterocycles. The van der Waals surface area contributed by atoms with Crippen LogP contribution in [0.1, 0.15) is 6.92 Å². The molecule has 0 unspecified atom stereocenters. The molecule has 0 bridgehead atoms. The highest BCUT2D eigenvalue weighted by atomic mass is 28.2. The van der Waals surface area contributed by atoms with Crippen molar-refractivity contribution in [3.05, 3.63) is 0 Å². The largest absolute Gasteiger partial charge is 0.442 e. The molecule has 0 aliphatic heterocycles. The van der Waals surface area contributed by atoms with Gasteiger partial charge in [-0.2, -0.15) is 0 Å². The molecule has 0 heterocycles. The molecule has 0 fully saturated rings. The molecule has 30 valence electrons. The highest BCUT2D eigenvalue weighted by molar-refractivity contribution is 5.95. The van der Waals surface area contributed by atoms with Crippen LogP contribution in [0.25, 0.3) is 0 Å². The van der Waals surface area contributed by atoms with E-state index in [9.17, 15) is 0 Å². The molecule has 2 heteroatoms. The molecule has 5 heavy (non-hydrogen) atoms. The zero-order chi connectivity index (χ0) is 4.71. The molecule has 0 saturated carbocycles. The van der Waals surface area contributed by atoms with Gasteiger partial charge >= 0.3 is 0 Å². The van der Waals surface area contributed by atoms with Gasteiger partial charge in [0.15, 0.2) is 0 Å². The molecule has 1 nitrogen and oxygen atoms in total. The van der Waals surface area contributed by atoms with Crippen LogP contribution in [0.15, 0.2) is 0 Å². The highest BCUT2D eigenvalue weighted by Crippen LogP contribution is 1.21. The summed E-state index contributed by atoms with van der Waals surface area (Å²) in [6.45, 7) is 1.65. The summed E-state index contributed by atoms with van der Waals surface area (Å²) in [5, 5.41) is 0. The summed E-state index contributed by atoms with van der Waals surface area (Å²) < 4.78 is 0. The van der Waals surface area contributed by atoms with Gasteiger partial charge in [0.2, 0.25) is 0 Å². The first-order chi connectivity index (χ1) is 2.41. The minimum absolute atomic E-state index is 0.306. The van der Waals surface area contributed by atoms with E-state index in [1.807, 2.05) is 0 Å². The maximum atomic E-state index is 7.14. The minimum atomic E-state index is 0.306. The van der Waals surface area contributed by atoms with Crippen LogP contribution in [-0.2, 0) is 0 Å². The maximum absolute atomic E-state index is 7.14. The number of terminal acetylenes is 1. The average Bonchev–Trinajstić information content (AvgIpc) is 1.46. The van der Waals surface area contributed by atoms with Crippen molar-refractivity contribution in [3.8, 4) is 12.3 Å². The van der Waals surface area contributed by atoms with Gasteiger partial charge < -0.3 is 4.80 Å². The third-order valence-corrected chi connectivity index (χ3v) is 0. The Morgan fingerprint density at radius 2 is 1.80 bits per heavy atom. The van der Waals surface area contributed by atoms with Crippen LogP contribution in [0.4, 0.5) is 0 Å². The van der Waals surface area contributed by atoms with E-state index in [2.05, 4.69) is 12.3 Å². The Bertz CT molecular complexity index is 28.4. The van der Waals surface area contributed by atoms with Crippen molar-refractivity contribution >= 4 is 10.5 Å². The summed E-state index contributed by atoms with van der Waals surface area (Å²) in [5.74, 6) is 2.25. The van der Waals surface area contributed by atoms with Crippen molar-refractivity contribution < 1.29 is 4.80 Å². The van der Waals surface area contributed by atoms with E-state index in [0.29, 0.717) is 10.5 Å². The number of hydrogen-bond donors (Lipinski definition) is 1. The van der Waals surface area contributed by atoms with Gasteiger partial charge in [-0.25, -0.2) is 0 Å². The minimum Gasteiger partial charge on any atom is -0.442 e. The Morgan fingerprint density at radius 1 is 1.80 bits per heavy atom. The van der Waals surface area contributed by atoms with E-state index in [1.165, 1.54) is 0 Å². The molecule has 0 aromatic carbocycles. The zero-order valence-corrected chi connectivity index (χ0v) is 5.52. The third-order valence-electron chi connectivity index (χ3n) is 0. The monoisotopic (exact) mass is 88.0 g/mol. The second-order valence-corrected chi connectivity index (χ2v) is 0.289. The third kappa shape index (κ3) is 163. The van der Waals surface area contributed by atoms with Crippen LogP contribution < -0.4 is 0 Å². The van der Waals surface area contributed by atoms with E-state index in [-0.39, 0.29) is 0 Å². The predicted octanol–water partition coefficient (Wildman–Crippen LogP) is -1.10. The number of rotatable bonds is 0. The van der Waals surface area contributed by atoms with Crippen LogP contribution in [0.3, 0.4) is 0 Å². The first-order valence-corrected chi connectivity index (χ1v) is 2.13. The van der Waals surface area contributed by atoms with Crippen molar-refractivity contribution in [2.45, 2.75) is 6.92 Å². The summed E-state index contributed by atoms with van der Waals surface area (Å²) in [7, 11) is 0.306. The molecule has 0 saturated heterocycles. The molecular weight excluding hydrogens is 80.1 g/mol. The van der Waals surface area contributed by atoms with Crippen molar-refractivity contribution in [1.29, 1.82) is 0 Å². The van der Waals surface area contributed by atoms with E-state index < -0.39 is 0 Å². The summed E-state index contributed by atoms with van der Waals surface area (Å²) in [6.07, 6.45) is 4.60. The van der Waals surface area contributed by atoms with Gasteiger partial charge in [0.25, 0.3) is 0 Å². The lowest BCUT2D eigenvalue weighted by Gasteiger charge is -1.23. The predicted molar refractivity (Wildman–Crippen MR) is 26.7 cm³/mol. The molecule has 0 aliphatic rings.